The van der Waals surface area contributed by atoms with E-state index in [9.17, 15) is 0 Å². The maximum atomic E-state index is 3.53. The minimum atomic E-state index is 0.712. The molecule has 0 saturated carbocycles. The minimum absolute atomic E-state index is 0.712. The lowest BCUT2D eigenvalue weighted by atomic mass is 9.74. The second-order valence-electron chi connectivity index (χ2n) is 3.78. The Labute approximate surface area is 82.9 Å². The quantitative estimate of drug-likeness (QED) is 0.668. The van der Waals surface area contributed by atoms with Gasteiger partial charge in [0.25, 0.3) is 0 Å². The van der Waals surface area contributed by atoms with E-state index in [-0.39, 0.29) is 0 Å². The smallest absolute Gasteiger partial charge is 0.00473 e. The first-order valence-corrected chi connectivity index (χ1v) is 5.75. The highest BCUT2D eigenvalue weighted by molar-refractivity contribution is 7.79. The molecule has 0 aromatic rings. The van der Waals surface area contributed by atoms with Crippen molar-refractivity contribution in [1.82, 2.24) is 4.90 Å². The molecule has 0 spiro atoms. The molecule has 0 atom stereocenters. The zero-order valence-corrected chi connectivity index (χ0v) is 9.82. The predicted octanol–water partition coefficient (Wildman–Crippen LogP) is 2.67. The Morgan fingerprint density at radius 2 is 1.75 bits per heavy atom. The SMILES string of the molecule is CCCC1(CC)CN(C)C1.CS. The zero-order chi connectivity index (χ0) is 9.61. The van der Waals surface area contributed by atoms with Gasteiger partial charge in [-0.05, 0) is 31.6 Å². The van der Waals surface area contributed by atoms with Crippen molar-refractivity contribution >= 4 is 12.6 Å². The van der Waals surface area contributed by atoms with Gasteiger partial charge in [0.05, 0.1) is 0 Å². The molecule has 0 bridgehead atoms. The van der Waals surface area contributed by atoms with Crippen LogP contribution < -0.4 is 0 Å². The molecule has 1 aliphatic rings. The average molecular weight is 189 g/mol. The summed E-state index contributed by atoms with van der Waals surface area (Å²) >= 11 is 3.53. The molecule has 0 N–H and O–H groups in total. The van der Waals surface area contributed by atoms with Crippen LogP contribution in [0.3, 0.4) is 0 Å². The van der Waals surface area contributed by atoms with Gasteiger partial charge in [-0.15, -0.1) is 0 Å². The van der Waals surface area contributed by atoms with Crippen molar-refractivity contribution in [2.75, 3.05) is 26.4 Å². The van der Waals surface area contributed by atoms with Crippen LogP contribution in [0.15, 0.2) is 0 Å². The van der Waals surface area contributed by atoms with E-state index in [1.165, 1.54) is 32.4 Å². The molecule has 0 amide bonds. The molecule has 0 radical (unpaired) electrons. The van der Waals surface area contributed by atoms with Crippen molar-refractivity contribution in [3.05, 3.63) is 0 Å². The first-order chi connectivity index (χ1) is 5.72. The third-order valence-electron chi connectivity index (χ3n) is 2.74. The lowest BCUT2D eigenvalue weighted by Gasteiger charge is -2.48. The summed E-state index contributed by atoms with van der Waals surface area (Å²) in [4.78, 5) is 2.42. The van der Waals surface area contributed by atoms with Crippen LogP contribution in [0.1, 0.15) is 33.1 Å². The Morgan fingerprint density at radius 1 is 1.25 bits per heavy atom. The van der Waals surface area contributed by atoms with Gasteiger partial charge in [0, 0.05) is 13.1 Å². The standard InChI is InChI=1S/C9H19N.CH4S/c1-4-6-9(5-2)7-10(3)8-9;1-2/h4-8H2,1-3H3;2H,1H3. The molecule has 1 aliphatic heterocycles. The summed E-state index contributed by atoms with van der Waals surface area (Å²) in [6.45, 7) is 7.27. The van der Waals surface area contributed by atoms with E-state index in [4.69, 9.17) is 0 Å². The Hall–Kier alpha value is 0.310. The molecule has 1 saturated heterocycles. The Morgan fingerprint density at radius 3 is 2.00 bits per heavy atom. The van der Waals surface area contributed by atoms with Crippen LogP contribution in [0, 0.1) is 5.41 Å². The lowest BCUT2D eigenvalue weighted by Crippen LogP contribution is -2.53. The molecule has 12 heavy (non-hydrogen) atoms. The molecule has 0 aromatic heterocycles. The molecular weight excluding hydrogens is 166 g/mol. The monoisotopic (exact) mass is 189 g/mol. The average Bonchev–Trinajstić information content (AvgIpc) is 2.05. The summed E-state index contributed by atoms with van der Waals surface area (Å²) < 4.78 is 0. The van der Waals surface area contributed by atoms with Gasteiger partial charge >= 0.3 is 0 Å². The molecule has 1 nitrogen and oxygen atoms in total. The molecule has 1 fully saturated rings. The Kier molecular flexibility index (Phi) is 6.02. The molecule has 0 aliphatic carbocycles. The van der Waals surface area contributed by atoms with Gasteiger partial charge in [0.15, 0.2) is 0 Å². The largest absolute Gasteiger partial charge is 0.305 e. The van der Waals surface area contributed by atoms with Gasteiger partial charge in [0.1, 0.15) is 0 Å². The second-order valence-corrected chi connectivity index (χ2v) is 3.78. The third kappa shape index (κ3) is 2.98. The first-order valence-electron chi connectivity index (χ1n) is 4.86. The number of hydrogen-bond acceptors (Lipinski definition) is 2. The number of nitrogens with zero attached hydrogens (tertiary/aromatic N) is 1. The fourth-order valence-corrected chi connectivity index (χ4v) is 2.19. The summed E-state index contributed by atoms with van der Waals surface area (Å²) in [7, 11) is 2.21. The third-order valence-corrected chi connectivity index (χ3v) is 2.74. The molecule has 1 heterocycles. The zero-order valence-electron chi connectivity index (χ0n) is 8.93. The lowest BCUT2D eigenvalue weighted by molar-refractivity contribution is 0.0105. The highest BCUT2D eigenvalue weighted by Crippen LogP contribution is 2.36. The molecular formula is C10H23NS. The number of likely N-dealkylation sites (tertiary alicyclic amines) is 1. The normalized spacial score (nSPS) is 20.8. The van der Waals surface area contributed by atoms with Gasteiger partial charge in [-0.25, -0.2) is 0 Å². The van der Waals surface area contributed by atoms with Crippen LogP contribution in [-0.4, -0.2) is 31.3 Å². The minimum Gasteiger partial charge on any atom is -0.305 e. The van der Waals surface area contributed by atoms with Gasteiger partial charge in [0.2, 0.25) is 0 Å². The van der Waals surface area contributed by atoms with E-state index in [1.807, 2.05) is 0 Å². The van der Waals surface area contributed by atoms with E-state index in [2.05, 4.69) is 38.4 Å². The van der Waals surface area contributed by atoms with E-state index in [0.717, 1.165) is 0 Å². The molecule has 0 aromatic carbocycles. The second kappa shape index (κ2) is 5.87. The number of rotatable bonds is 3. The van der Waals surface area contributed by atoms with Crippen molar-refractivity contribution in [2.24, 2.45) is 5.41 Å². The van der Waals surface area contributed by atoms with Crippen LogP contribution in [0.2, 0.25) is 0 Å². The summed E-state index contributed by atoms with van der Waals surface area (Å²) in [6.07, 6.45) is 5.83. The maximum absolute atomic E-state index is 3.53. The number of hydrogen-bond donors (Lipinski definition) is 1. The van der Waals surface area contributed by atoms with Crippen LogP contribution in [0.4, 0.5) is 0 Å². The number of thiol groups is 1. The molecule has 0 unspecified atom stereocenters. The highest BCUT2D eigenvalue weighted by atomic mass is 32.1. The van der Waals surface area contributed by atoms with Crippen LogP contribution >= 0.6 is 12.6 Å². The Bertz CT molecular complexity index is 103. The van der Waals surface area contributed by atoms with Crippen LogP contribution in [0.25, 0.3) is 0 Å². The van der Waals surface area contributed by atoms with Crippen molar-refractivity contribution in [1.29, 1.82) is 0 Å². The summed E-state index contributed by atoms with van der Waals surface area (Å²) in [5, 5.41) is 0. The fraction of sp³-hybridized carbons (Fsp3) is 1.00. The van der Waals surface area contributed by atoms with Crippen molar-refractivity contribution in [3.63, 3.8) is 0 Å². The van der Waals surface area contributed by atoms with Crippen molar-refractivity contribution < 1.29 is 0 Å². The van der Waals surface area contributed by atoms with E-state index < -0.39 is 0 Å². The molecule has 2 heteroatoms. The van der Waals surface area contributed by atoms with Gasteiger partial charge in [-0.2, -0.15) is 12.6 Å². The fourth-order valence-electron chi connectivity index (χ4n) is 2.19. The van der Waals surface area contributed by atoms with Crippen LogP contribution in [0.5, 0.6) is 0 Å². The summed E-state index contributed by atoms with van der Waals surface area (Å²) in [5.41, 5.74) is 0.712. The van der Waals surface area contributed by atoms with Gasteiger partial charge < -0.3 is 4.90 Å². The molecule has 1 rings (SSSR count). The van der Waals surface area contributed by atoms with Crippen molar-refractivity contribution in [2.45, 2.75) is 33.1 Å². The van der Waals surface area contributed by atoms with Crippen molar-refractivity contribution in [3.8, 4) is 0 Å². The maximum Gasteiger partial charge on any atom is 0.00473 e. The Balaban J connectivity index is 0.000000561. The molecule has 74 valence electrons. The summed E-state index contributed by atoms with van der Waals surface area (Å²) in [5.74, 6) is 0. The van der Waals surface area contributed by atoms with E-state index in [0.29, 0.717) is 5.41 Å². The van der Waals surface area contributed by atoms with E-state index >= 15 is 0 Å². The van der Waals surface area contributed by atoms with Crippen LogP contribution in [-0.2, 0) is 0 Å². The predicted molar refractivity (Wildman–Crippen MR) is 60.0 cm³/mol. The highest BCUT2D eigenvalue weighted by Gasteiger charge is 2.37. The first kappa shape index (κ1) is 12.3. The summed E-state index contributed by atoms with van der Waals surface area (Å²) in [6, 6.07) is 0. The topological polar surface area (TPSA) is 3.24 Å². The van der Waals surface area contributed by atoms with Gasteiger partial charge in [-0.3, -0.25) is 0 Å². The van der Waals surface area contributed by atoms with E-state index in [1.54, 1.807) is 6.26 Å². The van der Waals surface area contributed by atoms with Gasteiger partial charge in [-0.1, -0.05) is 20.3 Å².